The molecular weight excluding hydrogens is 314 g/mol. The van der Waals surface area contributed by atoms with Crippen molar-refractivity contribution in [3.05, 3.63) is 66.4 Å². The molecule has 25 heavy (non-hydrogen) atoms. The van der Waals surface area contributed by atoms with Crippen molar-refractivity contribution in [2.24, 2.45) is 0 Å². The molecular formula is C20H21N3O2. The lowest BCUT2D eigenvalue weighted by molar-refractivity contribution is -0.118. The minimum absolute atomic E-state index is 0.0670. The summed E-state index contributed by atoms with van der Waals surface area (Å²) >= 11 is 0. The zero-order valence-electron chi connectivity index (χ0n) is 13.9. The van der Waals surface area contributed by atoms with E-state index in [4.69, 9.17) is 0 Å². The number of aliphatic hydroxyl groups is 1. The van der Waals surface area contributed by atoms with Gasteiger partial charge in [0.25, 0.3) is 0 Å². The van der Waals surface area contributed by atoms with Crippen LogP contribution in [0.15, 0.2) is 60.8 Å². The van der Waals surface area contributed by atoms with E-state index in [-0.39, 0.29) is 11.9 Å². The molecule has 1 amide bonds. The van der Waals surface area contributed by atoms with Crippen LogP contribution in [0.4, 0.5) is 5.69 Å². The second-order valence-corrected chi connectivity index (χ2v) is 6.38. The second kappa shape index (κ2) is 6.70. The van der Waals surface area contributed by atoms with Crippen LogP contribution in [0.5, 0.6) is 0 Å². The Balaban J connectivity index is 1.41. The van der Waals surface area contributed by atoms with Gasteiger partial charge in [-0.25, -0.2) is 0 Å². The van der Waals surface area contributed by atoms with Gasteiger partial charge in [0.2, 0.25) is 5.91 Å². The molecule has 4 rings (SSSR count). The topological polar surface area (TPSA) is 68.4 Å². The number of carbonyl (C=O) groups excluding carboxylic acids is 1. The summed E-state index contributed by atoms with van der Waals surface area (Å²) in [5.74, 6) is 0.0670. The van der Waals surface area contributed by atoms with E-state index in [1.54, 1.807) is 4.90 Å². The monoisotopic (exact) mass is 335 g/mol. The third-order valence-electron chi connectivity index (χ3n) is 4.81. The number of hydrogen-bond acceptors (Lipinski definition) is 3. The first-order valence-corrected chi connectivity index (χ1v) is 8.58. The minimum Gasteiger partial charge on any atom is -0.387 e. The number of nitrogens with one attached hydrogen (secondary N) is 2. The number of aromatic nitrogens is 1. The number of anilines is 1. The summed E-state index contributed by atoms with van der Waals surface area (Å²) in [5.41, 5.74) is 2.78. The van der Waals surface area contributed by atoms with Crippen molar-refractivity contribution in [1.29, 1.82) is 0 Å². The molecule has 1 saturated heterocycles. The molecule has 1 aliphatic heterocycles. The molecule has 0 bridgehead atoms. The van der Waals surface area contributed by atoms with Gasteiger partial charge in [0.15, 0.2) is 0 Å². The van der Waals surface area contributed by atoms with Gasteiger partial charge in [0, 0.05) is 41.4 Å². The van der Waals surface area contributed by atoms with Crippen molar-refractivity contribution >= 4 is 22.5 Å². The Morgan fingerprint density at radius 2 is 1.92 bits per heavy atom. The lowest BCUT2D eigenvalue weighted by Crippen LogP contribution is -2.40. The summed E-state index contributed by atoms with van der Waals surface area (Å²) in [7, 11) is 0. The molecule has 3 aromatic rings. The molecule has 3 N–H and O–H groups in total. The fourth-order valence-corrected chi connectivity index (χ4v) is 3.47. The van der Waals surface area contributed by atoms with E-state index in [0.717, 1.165) is 28.6 Å². The maximum absolute atomic E-state index is 12.6. The third-order valence-corrected chi connectivity index (χ3v) is 4.81. The number of fused-ring (bicyclic) bond motifs is 1. The highest BCUT2D eigenvalue weighted by Crippen LogP contribution is 2.25. The third kappa shape index (κ3) is 3.04. The van der Waals surface area contributed by atoms with Gasteiger partial charge in [-0.1, -0.05) is 36.4 Å². The van der Waals surface area contributed by atoms with Crippen molar-refractivity contribution in [1.82, 2.24) is 10.3 Å². The number of benzene rings is 2. The molecule has 0 radical (unpaired) electrons. The fraction of sp³-hybridized carbons (Fsp3) is 0.250. The molecule has 0 spiro atoms. The number of carbonyl (C=O) groups is 1. The molecule has 2 atom stereocenters. The van der Waals surface area contributed by atoms with E-state index in [0.29, 0.717) is 13.1 Å². The molecule has 1 aromatic heterocycles. The van der Waals surface area contributed by atoms with Crippen LogP contribution in [-0.4, -0.2) is 35.1 Å². The summed E-state index contributed by atoms with van der Waals surface area (Å²) in [6.07, 6.45) is 1.92. The Morgan fingerprint density at radius 1 is 1.16 bits per heavy atom. The number of hydrogen-bond donors (Lipinski definition) is 3. The quantitative estimate of drug-likeness (QED) is 0.671. The van der Waals surface area contributed by atoms with E-state index >= 15 is 0 Å². The predicted octanol–water partition coefficient (Wildman–Crippen LogP) is 2.60. The lowest BCUT2D eigenvalue weighted by atomic mass is 10.1. The van der Waals surface area contributed by atoms with Crippen LogP contribution in [0.2, 0.25) is 0 Å². The van der Waals surface area contributed by atoms with Crippen LogP contribution in [0.1, 0.15) is 18.1 Å². The number of rotatable bonds is 5. The van der Waals surface area contributed by atoms with Crippen LogP contribution < -0.4 is 10.2 Å². The van der Waals surface area contributed by atoms with Gasteiger partial charge in [-0.2, -0.15) is 0 Å². The number of aliphatic hydroxyl groups excluding tert-OH is 1. The Kier molecular flexibility index (Phi) is 4.26. The molecule has 1 fully saturated rings. The van der Waals surface area contributed by atoms with Gasteiger partial charge in [0.05, 0.1) is 12.1 Å². The summed E-state index contributed by atoms with van der Waals surface area (Å²) in [4.78, 5) is 17.6. The highest BCUT2D eigenvalue weighted by Gasteiger charge is 2.32. The van der Waals surface area contributed by atoms with E-state index in [1.165, 1.54) is 0 Å². The normalized spacial score (nSPS) is 18.8. The minimum atomic E-state index is -0.658. The summed E-state index contributed by atoms with van der Waals surface area (Å²) < 4.78 is 0. The number of amides is 1. The summed E-state index contributed by atoms with van der Waals surface area (Å²) in [5, 5.41) is 14.8. The maximum atomic E-state index is 12.6. The smallest absolute Gasteiger partial charge is 0.244 e. The average Bonchev–Trinajstić information content (AvgIpc) is 3.24. The van der Waals surface area contributed by atoms with Crippen molar-refractivity contribution in [3.63, 3.8) is 0 Å². The molecule has 2 unspecified atom stereocenters. The van der Waals surface area contributed by atoms with Gasteiger partial charge in [-0.05, 0) is 24.6 Å². The number of aromatic amines is 1. The fourth-order valence-electron chi connectivity index (χ4n) is 3.47. The SMILES string of the molecule is O=C1C(NCC(O)c2c[nH]c3ccccc23)CCN1c1ccccc1. The van der Waals surface area contributed by atoms with Crippen LogP contribution in [0.25, 0.3) is 10.9 Å². The van der Waals surface area contributed by atoms with Gasteiger partial charge >= 0.3 is 0 Å². The van der Waals surface area contributed by atoms with Gasteiger partial charge in [-0.3, -0.25) is 4.79 Å². The van der Waals surface area contributed by atoms with Gasteiger partial charge in [-0.15, -0.1) is 0 Å². The Labute approximate surface area is 146 Å². The maximum Gasteiger partial charge on any atom is 0.244 e. The molecule has 5 nitrogen and oxygen atoms in total. The van der Waals surface area contributed by atoms with Crippen LogP contribution in [0, 0.1) is 0 Å². The summed E-state index contributed by atoms with van der Waals surface area (Å²) in [6, 6.07) is 17.3. The molecule has 5 heteroatoms. The Bertz CT molecular complexity index is 875. The second-order valence-electron chi connectivity index (χ2n) is 6.38. The van der Waals surface area contributed by atoms with E-state index in [1.807, 2.05) is 60.8 Å². The Morgan fingerprint density at radius 3 is 2.76 bits per heavy atom. The van der Waals surface area contributed by atoms with E-state index in [2.05, 4.69) is 10.3 Å². The molecule has 0 saturated carbocycles. The molecule has 128 valence electrons. The van der Waals surface area contributed by atoms with Gasteiger partial charge < -0.3 is 20.3 Å². The number of para-hydroxylation sites is 2. The molecule has 1 aliphatic rings. The highest BCUT2D eigenvalue weighted by molar-refractivity contribution is 5.99. The number of H-pyrrole nitrogens is 1. The Hall–Kier alpha value is -2.63. The first-order chi connectivity index (χ1) is 12.2. The van der Waals surface area contributed by atoms with E-state index < -0.39 is 6.10 Å². The molecule has 2 aromatic carbocycles. The highest BCUT2D eigenvalue weighted by atomic mass is 16.3. The van der Waals surface area contributed by atoms with E-state index in [9.17, 15) is 9.90 Å². The number of nitrogens with zero attached hydrogens (tertiary/aromatic N) is 1. The van der Waals surface area contributed by atoms with Crippen molar-refractivity contribution in [2.75, 3.05) is 18.0 Å². The lowest BCUT2D eigenvalue weighted by Gasteiger charge is -2.18. The van der Waals surface area contributed by atoms with Crippen molar-refractivity contribution in [3.8, 4) is 0 Å². The first-order valence-electron chi connectivity index (χ1n) is 8.58. The summed E-state index contributed by atoms with van der Waals surface area (Å²) in [6.45, 7) is 1.05. The molecule has 0 aliphatic carbocycles. The predicted molar refractivity (Wildman–Crippen MR) is 98.5 cm³/mol. The van der Waals surface area contributed by atoms with Crippen LogP contribution >= 0.6 is 0 Å². The first kappa shape index (κ1) is 15.9. The zero-order valence-corrected chi connectivity index (χ0v) is 13.9. The van der Waals surface area contributed by atoms with Crippen LogP contribution in [-0.2, 0) is 4.79 Å². The zero-order chi connectivity index (χ0) is 17.2. The van der Waals surface area contributed by atoms with Crippen molar-refractivity contribution < 1.29 is 9.90 Å². The van der Waals surface area contributed by atoms with Crippen molar-refractivity contribution in [2.45, 2.75) is 18.6 Å². The largest absolute Gasteiger partial charge is 0.387 e. The van der Waals surface area contributed by atoms with Crippen LogP contribution in [0.3, 0.4) is 0 Å². The average molecular weight is 335 g/mol. The van der Waals surface area contributed by atoms with Gasteiger partial charge in [0.1, 0.15) is 0 Å². The standard InChI is InChI=1S/C20H21N3O2/c24-19(16-12-21-17-9-5-4-8-15(16)17)13-22-18-10-11-23(20(18)25)14-6-2-1-3-7-14/h1-9,12,18-19,21-22,24H,10-11,13H2. The molecule has 2 heterocycles.